The molecule has 0 saturated carbocycles. The van der Waals surface area contributed by atoms with Crippen LogP contribution >= 0.6 is 0 Å². The van der Waals surface area contributed by atoms with Crippen molar-refractivity contribution in [2.75, 3.05) is 13.7 Å². The van der Waals surface area contributed by atoms with Gasteiger partial charge in [0.25, 0.3) is 0 Å². The quantitative estimate of drug-likeness (QED) is 0.854. The van der Waals surface area contributed by atoms with Gasteiger partial charge in [0.2, 0.25) is 0 Å². The maximum Gasteiger partial charge on any atom is 0.123 e. The molecule has 1 aliphatic heterocycles. The average molecular weight is 263 g/mol. The third-order valence-corrected chi connectivity index (χ3v) is 3.83. The standard InChI is InChI=1S/C16H25NO2/c1-4-15(14-7-5-6-8-16(14)18-3)17-11-13-10-9-12(2)19-13/h5-8,12-13,15,17H,4,9-11H2,1-3H3. The van der Waals surface area contributed by atoms with Gasteiger partial charge in [-0.25, -0.2) is 0 Å². The monoisotopic (exact) mass is 263 g/mol. The summed E-state index contributed by atoms with van der Waals surface area (Å²) in [7, 11) is 1.73. The lowest BCUT2D eigenvalue weighted by molar-refractivity contribution is 0.0542. The third kappa shape index (κ3) is 3.71. The Morgan fingerprint density at radius 2 is 2.16 bits per heavy atom. The van der Waals surface area contributed by atoms with Crippen LogP contribution in [-0.2, 0) is 4.74 Å². The van der Waals surface area contributed by atoms with Crippen molar-refractivity contribution >= 4 is 0 Å². The number of para-hydroxylation sites is 1. The highest BCUT2D eigenvalue weighted by Gasteiger charge is 2.23. The molecule has 3 nitrogen and oxygen atoms in total. The molecule has 0 amide bonds. The van der Waals surface area contributed by atoms with Crippen LogP contribution in [0.15, 0.2) is 24.3 Å². The van der Waals surface area contributed by atoms with E-state index in [2.05, 4.69) is 31.3 Å². The van der Waals surface area contributed by atoms with Crippen molar-refractivity contribution in [2.24, 2.45) is 0 Å². The Morgan fingerprint density at radius 3 is 2.79 bits per heavy atom. The van der Waals surface area contributed by atoms with Crippen LogP contribution in [0.2, 0.25) is 0 Å². The van der Waals surface area contributed by atoms with Crippen molar-refractivity contribution in [2.45, 2.75) is 51.4 Å². The van der Waals surface area contributed by atoms with Crippen LogP contribution in [0.4, 0.5) is 0 Å². The maximum atomic E-state index is 5.85. The molecule has 3 unspecified atom stereocenters. The minimum absolute atomic E-state index is 0.329. The second-order valence-corrected chi connectivity index (χ2v) is 5.26. The smallest absolute Gasteiger partial charge is 0.123 e. The molecule has 1 fully saturated rings. The van der Waals surface area contributed by atoms with E-state index in [1.54, 1.807) is 7.11 Å². The van der Waals surface area contributed by atoms with Crippen LogP contribution in [0.25, 0.3) is 0 Å². The highest BCUT2D eigenvalue weighted by molar-refractivity contribution is 5.35. The van der Waals surface area contributed by atoms with E-state index in [-0.39, 0.29) is 0 Å². The van der Waals surface area contributed by atoms with Crippen molar-refractivity contribution in [3.05, 3.63) is 29.8 Å². The molecule has 3 heteroatoms. The predicted molar refractivity (Wildman–Crippen MR) is 77.6 cm³/mol. The molecule has 0 aliphatic carbocycles. The third-order valence-electron chi connectivity index (χ3n) is 3.83. The largest absolute Gasteiger partial charge is 0.496 e. The molecule has 1 heterocycles. The SMILES string of the molecule is CCC(NCC1CCC(C)O1)c1ccccc1OC. The molecule has 1 aromatic rings. The van der Waals surface area contributed by atoms with Crippen LogP contribution in [-0.4, -0.2) is 25.9 Å². The summed E-state index contributed by atoms with van der Waals surface area (Å²) in [6, 6.07) is 8.56. The Morgan fingerprint density at radius 1 is 1.37 bits per heavy atom. The lowest BCUT2D eigenvalue weighted by Gasteiger charge is -2.22. The molecule has 0 radical (unpaired) electrons. The molecule has 0 aromatic heterocycles. The molecule has 1 N–H and O–H groups in total. The zero-order valence-corrected chi connectivity index (χ0v) is 12.2. The molecular weight excluding hydrogens is 238 g/mol. The number of benzene rings is 1. The Labute approximate surface area is 116 Å². The van der Waals surface area contributed by atoms with Gasteiger partial charge in [0.1, 0.15) is 5.75 Å². The van der Waals surface area contributed by atoms with E-state index in [0.29, 0.717) is 18.2 Å². The second kappa shape index (κ2) is 6.92. The molecule has 1 aliphatic rings. The number of rotatable bonds is 6. The van der Waals surface area contributed by atoms with Gasteiger partial charge in [-0.2, -0.15) is 0 Å². The van der Waals surface area contributed by atoms with E-state index in [9.17, 15) is 0 Å². The molecule has 0 bridgehead atoms. The molecule has 3 atom stereocenters. The van der Waals surface area contributed by atoms with Crippen LogP contribution in [0.5, 0.6) is 5.75 Å². The number of methoxy groups -OCH3 is 1. The molecule has 0 spiro atoms. The van der Waals surface area contributed by atoms with Crippen LogP contribution < -0.4 is 10.1 Å². The molecule has 106 valence electrons. The Kier molecular flexibility index (Phi) is 5.23. The molecule has 1 saturated heterocycles. The Balaban J connectivity index is 1.96. The summed E-state index contributed by atoms with van der Waals surface area (Å²) >= 11 is 0. The zero-order valence-electron chi connectivity index (χ0n) is 12.2. The van der Waals surface area contributed by atoms with Crippen molar-refractivity contribution in [1.82, 2.24) is 5.32 Å². The fourth-order valence-electron chi connectivity index (χ4n) is 2.74. The van der Waals surface area contributed by atoms with Gasteiger partial charge < -0.3 is 14.8 Å². The fourth-order valence-corrected chi connectivity index (χ4v) is 2.74. The summed E-state index contributed by atoms with van der Waals surface area (Å²) in [5.74, 6) is 0.961. The van der Waals surface area contributed by atoms with E-state index in [0.717, 1.165) is 25.1 Å². The van der Waals surface area contributed by atoms with Gasteiger partial charge in [0.15, 0.2) is 0 Å². The van der Waals surface area contributed by atoms with Crippen LogP contribution in [0.3, 0.4) is 0 Å². The summed E-state index contributed by atoms with van der Waals surface area (Å²) in [5, 5.41) is 3.62. The molecule has 19 heavy (non-hydrogen) atoms. The first kappa shape index (κ1) is 14.4. The van der Waals surface area contributed by atoms with E-state index in [4.69, 9.17) is 9.47 Å². The first-order valence-corrected chi connectivity index (χ1v) is 7.26. The van der Waals surface area contributed by atoms with Crippen molar-refractivity contribution < 1.29 is 9.47 Å². The fraction of sp³-hybridized carbons (Fsp3) is 0.625. The first-order valence-electron chi connectivity index (χ1n) is 7.26. The summed E-state index contributed by atoms with van der Waals surface area (Å²) in [6.45, 7) is 5.26. The summed E-state index contributed by atoms with van der Waals surface area (Å²) < 4.78 is 11.3. The first-order chi connectivity index (χ1) is 9.24. The Bertz CT molecular complexity index is 394. The lowest BCUT2D eigenvalue weighted by Crippen LogP contribution is -2.30. The maximum absolute atomic E-state index is 5.85. The highest BCUT2D eigenvalue weighted by Crippen LogP contribution is 2.27. The van der Waals surface area contributed by atoms with Crippen LogP contribution in [0, 0.1) is 0 Å². The van der Waals surface area contributed by atoms with Crippen molar-refractivity contribution in [3.8, 4) is 5.75 Å². The van der Waals surface area contributed by atoms with Crippen molar-refractivity contribution in [3.63, 3.8) is 0 Å². The van der Waals surface area contributed by atoms with Crippen molar-refractivity contribution in [1.29, 1.82) is 0 Å². The van der Waals surface area contributed by atoms with Gasteiger partial charge in [0, 0.05) is 18.2 Å². The topological polar surface area (TPSA) is 30.5 Å². The van der Waals surface area contributed by atoms with E-state index in [1.807, 2.05) is 12.1 Å². The number of hydrogen-bond donors (Lipinski definition) is 1. The minimum Gasteiger partial charge on any atom is -0.496 e. The minimum atomic E-state index is 0.329. The molecular formula is C16H25NO2. The van der Waals surface area contributed by atoms with Gasteiger partial charge in [-0.05, 0) is 32.3 Å². The number of hydrogen-bond acceptors (Lipinski definition) is 3. The number of ether oxygens (including phenoxy) is 2. The van der Waals surface area contributed by atoms with E-state index >= 15 is 0 Å². The summed E-state index contributed by atoms with van der Waals surface area (Å²) in [5.41, 5.74) is 1.23. The highest BCUT2D eigenvalue weighted by atomic mass is 16.5. The zero-order chi connectivity index (χ0) is 13.7. The van der Waals surface area contributed by atoms with Crippen LogP contribution in [0.1, 0.15) is 44.7 Å². The number of nitrogens with one attached hydrogen (secondary N) is 1. The van der Waals surface area contributed by atoms with E-state index < -0.39 is 0 Å². The van der Waals surface area contributed by atoms with Gasteiger partial charge >= 0.3 is 0 Å². The van der Waals surface area contributed by atoms with Gasteiger partial charge in [0.05, 0.1) is 19.3 Å². The average Bonchev–Trinajstić information content (AvgIpc) is 2.86. The van der Waals surface area contributed by atoms with Gasteiger partial charge in [-0.3, -0.25) is 0 Å². The molecule has 1 aromatic carbocycles. The predicted octanol–water partition coefficient (Wildman–Crippen LogP) is 3.30. The Hall–Kier alpha value is -1.06. The molecule has 2 rings (SSSR count). The normalized spacial score (nSPS) is 24.4. The lowest BCUT2D eigenvalue weighted by atomic mass is 10.0. The summed E-state index contributed by atoms with van der Waals surface area (Å²) in [4.78, 5) is 0. The van der Waals surface area contributed by atoms with E-state index in [1.165, 1.54) is 12.0 Å². The van der Waals surface area contributed by atoms with Gasteiger partial charge in [-0.15, -0.1) is 0 Å². The summed E-state index contributed by atoms with van der Waals surface area (Å²) in [6.07, 6.45) is 4.16. The second-order valence-electron chi connectivity index (χ2n) is 5.26. The van der Waals surface area contributed by atoms with Gasteiger partial charge in [-0.1, -0.05) is 25.1 Å².